The van der Waals surface area contributed by atoms with E-state index < -0.39 is 0 Å². The van der Waals surface area contributed by atoms with E-state index in [2.05, 4.69) is 10.6 Å². The van der Waals surface area contributed by atoms with E-state index in [0.717, 1.165) is 54.6 Å². The lowest BCUT2D eigenvalue weighted by Gasteiger charge is -2.12. The fourth-order valence-electron chi connectivity index (χ4n) is 3.66. The SMILES string of the molecule is O=C(Nc1ccc(Cc2ccc(NC(=O)[C@H]3CCCO3)cc2)cc1)[C@@H]1CCCO1. The molecule has 0 aliphatic carbocycles. The van der Waals surface area contributed by atoms with Crippen molar-refractivity contribution in [2.24, 2.45) is 0 Å². The first-order valence-corrected chi connectivity index (χ1v) is 10.2. The number of hydrogen-bond donors (Lipinski definition) is 2. The van der Waals surface area contributed by atoms with Gasteiger partial charge in [0, 0.05) is 24.6 Å². The van der Waals surface area contributed by atoms with E-state index in [1.165, 1.54) is 0 Å². The van der Waals surface area contributed by atoms with Crippen LogP contribution in [0.5, 0.6) is 0 Å². The first-order chi connectivity index (χ1) is 14.2. The smallest absolute Gasteiger partial charge is 0.253 e. The molecule has 0 bridgehead atoms. The molecule has 0 radical (unpaired) electrons. The Bertz CT molecular complexity index is 765. The van der Waals surface area contributed by atoms with Crippen LogP contribution in [0.25, 0.3) is 0 Å². The number of anilines is 2. The quantitative estimate of drug-likeness (QED) is 0.786. The third kappa shape index (κ3) is 5.22. The van der Waals surface area contributed by atoms with Crippen molar-refractivity contribution in [2.75, 3.05) is 23.8 Å². The molecule has 2 heterocycles. The average molecular weight is 394 g/mol. The zero-order valence-electron chi connectivity index (χ0n) is 16.4. The molecular weight excluding hydrogens is 368 g/mol. The van der Waals surface area contributed by atoms with E-state index in [9.17, 15) is 9.59 Å². The Balaban J connectivity index is 1.29. The van der Waals surface area contributed by atoms with Crippen LogP contribution in [0.3, 0.4) is 0 Å². The van der Waals surface area contributed by atoms with E-state index in [4.69, 9.17) is 9.47 Å². The summed E-state index contributed by atoms with van der Waals surface area (Å²) in [7, 11) is 0. The Kier molecular flexibility index (Phi) is 6.22. The van der Waals surface area contributed by atoms with Crippen LogP contribution in [0.2, 0.25) is 0 Å². The second-order valence-electron chi connectivity index (χ2n) is 7.55. The normalized spacial score (nSPS) is 21.1. The van der Waals surface area contributed by atoms with Crippen molar-refractivity contribution >= 4 is 23.2 Å². The average Bonchev–Trinajstić information content (AvgIpc) is 3.45. The van der Waals surface area contributed by atoms with Gasteiger partial charge in [-0.15, -0.1) is 0 Å². The van der Waals surface area contributed by atoms with Gasteiger partial charge in [0.15, 0.2) is 0 Å². The lowest BCUT2D eigenvalue weighted by atomic mass is 10.0. The molecule has 2 N–H and O–H groups in total. The Labute approximate surface area is 170 Å². The number of amides is 2. The van der Waals surface area contributed by atoms with E-state index >= 15 is 0 Å². The summed E-state index contributed by atoms with van der Waals surface area (Å²) in [5, 5.41) is 5.82. The van der Waals surface area contributed by atoms with Crippen LogP contribution in [0.15, 0.2) is 48.5 Å². The highest BCUT2D eigenvalue weighted by Crippen LogP contribution is 2.19. The highest BCUT2D eigenvalue weighted by molar-refractivity contribution is 5.94. The summed E-state index contributed by atoms with van der Waals surface area (Å²) in [4.78, 5) is 24.2. The van der Waals surface area contributed by atoms with E-state index in [1.54, 1.807) is 0 Å². The van der Waals surface area contributed by atoms with Gasteiger partial charge in [0.2, 0.25) is 0 Å². The lowest BCUT2D eigenvalue weighted by molar-refractivity contribution is -0.125. The first kappa shape index (κ1) is 19.6. The molecule has 2 amide bonds. The second kappa shape index (κ2) is 9.20. The molecule has 0 spiro atoms. The van der Waals surface area contributed by atoms with Gasteiger partial charge in [0.1, 0.15) is 12.2 Å². The molecule has 0 unspecified atom stereocenters. The van der Waals surface area contributed by atoms with Gasteiger partial charge in [-0.3, -0.25) is 9.59 Å². The van der Waals surface area contributed by atoms with E-state index in [-0.39, 0.29) is 24.0 Å². The van der Waals surface area contributed by atoms with Gasteiger partial charge in [-0.1, -0.05) is 24.3 Å². The maximum Gasteiger partial charge on any atom is 0.253 e. The molecular formula is C23H26N2O4. The molecule has 4 rings (SSSR count). The molecule has 2 aromatic rings. The fourth-order valence-corrected chi connectivity index (χ4v) is 3.66. The van der Waals surface area contributed by atoms with Crippen LogP contribution < -0.4 is 10.6 Å². The maximum atomic E-state index is 12.1. The zero-order chi connectivity index (χ0) is 20.1. The van der Waals surface area contributed by atoms with Crippen LogP contribution in [0, 0.1) is 0 Å². The Hall–Kier alpha value is -2.70. The monoisotopic (exact) mass is 394 g/mol. The molecule has 2 saturated heterocycles. The molecule has 2 aromatic carbocycles. The minimum absolute atomic E-state index is 0.0733. The standard InChI is InChI=1S/C23H26N2O4/c26-22(20-3-1-13-28-20)24-18-9-5-16(6-10-18)15-17-7-11-19(12-8-17)25-23(27)21-4-2-14-29-21/h5-12,20-21H,1-4,13-15H2,(H,24,26)(H,25,27)/t20-,21+. The Morgan fingerprint density at radius 3 is 1.48 bits per heavy atom. The second-order valence-corrected chi connectivity index (χ2v) is 7.55. The van der Waals surface area contributed by atoms with Gasteiger partial charge in [-0.05, 0) is 67.5 Å². The topological polar surface area (TPSA) is 76.7 Å². The van der Waals surface area contributed by atoms with Crippen molar-refractivity contribution in [2.45, 2.75) is 44.3 Å². The number of ether oxygens (including phenoxy) is 2. The van der Waals surface area contributed by atoms with E-state index in [0.29, 0.717) is 13.2 Å². The van der Waals surface area contributed by atoms with Crippen LogP contribution in [-0.4, -0.2) is 37.2 Å². The molecule has 29 heavy (non-hydrogen) atoms. The molecule has 2 fully saturated rings. The van der Waals surface area contributed by atoms with Crippen molar-refractivity contribution < 1.29 is 19.1 Å². The molecule has 0 aromatic heterocycles. The predicted octanol–water partition coefficient (Wildman–Crippen LogP) is 3.51. The first-order valence-electron chi connectivity index (χ1n) is 10.2. The van der Waals surface area contributed by atoms with Crippen LogP contribution in [0.1, 0.15) is 36.8 Å². The molecule has 2 aliphatic rings. The minimum Gasteiger partial charge on any atom is -0.368 e. The number of hydrogen-bond acceptors (Lipinski definition) is 4. The summed E-state index contributed by atoms with van der Waals surface area (Å²) in [6, 6.07) is 15.7. The van der Waals surface area contributed by atoms with Crippen molar-refractivity contribution in [1.82, 2.24) is 0 Å². The van der Waals surface area contributed by atoms with Crippen molar-refractivity contribution in [3.63, 3.8) is 0 Å². The van der Waals surface area contributed by atoms with Gasteiger partial charge < -0.3 is 20.1 Å². The van der Waals surface area contributed by atoms with Crippen molar-refractivity contribution in [1.29, 1.82) is 0 Å². The molecule has 152 valence electrons. The number of nitrogens with one attached hydrogen (secondary N) is 2. The van der Waals surface area contributed by atoms with Gasteiger partial charge >= 0.3 is 0 Å². The number of rotatable bonds is 6. The largest absolute Gasteiger partial charge is 0.368 e. The van der Waals surface area contributed by atoms with Gasteiger partial charge in [0.25, 0.3) is 11.8 Å². The highest BCUT2D eigenvalue weighted by Gasteiger charge is 2.24. The number of benzene rings is 2. The Morgan fingerprint density at radius 2 is 1.14 bits per heavy atom. The minimum atomic E-state index is -0.325. The fraction of sp³-hybridized carbons (Fsp3) is 0.391. The molecule has 6 nitrogen and oxygen atoms in total. The molecule has 2 aliphatic heterocycles. The predicted molar refractivity (Wildman–Crippen MR) is 111 cm³/mol. The van der Waals surface area contributed by atoms with Gasteiger partial charge in [-0.2, -0.15) is 0 Å². The van der Waals surface area contributed by atoms with Crippen molar-refractivity contribution in [3.8, 4) is 0 Å². The summed E-state index contributed by atoms with van der Waals surface area (Å²) in [5.41, 5.74) is 3.86. The summed E-state index contributed by atoms with van der Waals surface area (Å²) < 4.78 is 10.8. The van der Waals surface area contributed by atoms with Crippen LogP contribution in [0.4, 0.5) is 11.4 Å². The Morgan fingerprint density at radius 1 is 0.724 bits per heavy atom. The summed E-state index contributed by atoms with van der Waals surface area (Å²) in [6.07, 6.45) is 3.58. The zero-order valence-corrected chi connectivity index (χ0v) is 16.4. The molecule has 0 saturated carbocycles. The highest BCUT2D eigenvalue weighted by atomic mass is 16.5. The summed E-state index contributed by atoms with van der Waals surface area (Å²) in [5.74, 6) is -0.147. The third-order valence-electron chi connectivity index (χ3n) is 5.30. The molecule has 6 heteroatoms. The van der Waals surface area contributed by atoms with Crippen LogP contribution >= 0.6 is 0 Å². The summed E-state index contributed by atoms with van der Waals surface area (Å²) >= 11 is 0. The van der Waals surface area contributed by atoms with Crippen LogP contribution in [-0.2, 0) is 25.5 Å². The van der Waals surface area contributed by atoms with Gasteiger partial charge in [0.05, 0.1) is 0 Å². The number of carbonyl (C=O) groups excluding carboxylic acids is 2. The summed E-state index contributed by atoms with van der Waals surface area (Å²) in [6.45, 7) is 1.32. The van der Waals surface area contributed by atoms with Gasteiger partial charge in [-0.25, -0.2) is 0 Å². The number of carbonyl (C=O) groups is 2. The molecule has 2 atom stereocenters. The third-order valence-corrected chi connectivity index (χ3v) is 5.30. The van der Waals surface area contributed by atoms with Crippen molar-refractivity contribution in [3.05, 3.63) is 59.7 Å². The van der Waals surface area contributed by atoms with E-state index in [1.807, 2.05) is 48.5 Å². The maximum absolute atomic E-state index is 12.1. The lowest BCUT2D eigenvalue weighted by Crippen LogP contribution is -2.26.